The van der Waals surface area contributed by atoms with E-state index in [-0.39, 0.29) is 5.56 Å². The predicted octanol–water partition coefficient (Wildman–Crippen LogP) is 6.92. The van der Waals surface area contributed by atoms with Crippen LogP contribution in [0.3, 0.4) is 0 Å². The minimum absolute atomic E-state index is 0.232. The summed E-state index contributed by atoms with van der Waals surface area (Å²) < 4.78 is 17.7. The Bertz CT molecular complexity index is 1440. The molecule has 0 atom stereocenters. The molecule has 0 saturated heterocycles. The summed E-state index contributed by atoms with van der Waals surface area (Å²) >= 11 is 1.59. The van der Waals surface area contributed by atoms with Crippen LogP contribution < -0.4 is 10.6 Å². The highest BCUT2D eigenvalue weighted by molar-refractivity contribution is 8.17. The molecular formula is C27H24N3O2PS. The fourth-order valence-electron chi connectivity index (χ4n) is 3.96. The molecule has 1 N–H and O–H groups in total. The quantitative estimate of drug-likeness (QED) is 0.312. The van der Waals surface area contributed by atoms with Gasteiger partial charge in [0.25, 0.3) is 5.56 Å². The molecule has 0 radical (unpaired) electrons. The Kier molecular flexibility index (Phi) is 5.94. The molecule has 4 aromatic rings. The van der Waals surface area contributed by atoms with Crippen LogP contribution >= 0.6 is 19.1 Å². The number of para-hydroxylation sites is 1. The average molecular weight is 486 g/mol. The van der Waals surface area contributed by atoms with Crippen LogP contribution in [0.4, 0.5) is 5.69 Å². The molecule has 1 aliphatic rings. The zero-order chi connectivity index (χ0) is 23.7. The van der Waals surface area contributed by atoms with Crippen LogP contribution in [0.15, 0.2) is 107 Å². The van der Waals surface area contributed by atoms with Crippen molar-refractivity contribution >= 4 is 34.6 Å². The summed E-state index contributed by atoms with van der Waals surface area (Å²) in [5, 5.41) is 3.16. The van der Waals surface area contributed by atoms with Crippen molar-refractivity contribution in [3.8, 4) is 5.69 Å². The number of nitrogens with zero attached hydrogens (tertiary/aromatic N) is 2. The van der Waals surface area contributed by atoms with Crippen molar-refractivity contribution < 1.29 is 4.57 Å². The summed E-state index contributed by atoms with van der Waals surface area (Å²) in [5.41, 5.74) is 3.55. The first-order chi connectivity index (χ1) is 16.5. The summed E-state index contributed by atoms with van der Waals surface area (Å²) in [4.78, 5) is 15.2. The van der Waals surface area contributed by atoms with Gasteiger partial charge in [-0.2, -0.15) is 0 Å². The molecule has 170 valence electrons. The number of anilines is 1. The molecule has 5 rings (SSSR count). The highest BCUT2D eigenvalue weighted by Crippen LogP contribution is 2.60. The van der Waals surface area contributed by atoms with Gasteiger partial charge in [0.15, 0.2) is 0 Å². The molecule has 0 unspecified atom stereocenters. The van der Waals surface area contributed by atoms with Gasteiger partial charge in [-0.05, 0) is 30.2 Å². The minimum atomic E-state index is -3.25. The Balaban J connectivity index is 1.62. The predicted molar refractivity (Wildman–Crippen MR) is 143 cm³/mol. The second-order valence-corrected chi connectivity index (χ2v) is 11.3. The van der Waals surface area contributed by atoms with Gasteiger partial charge in [0, 0.05) is 28.5 Å². The van der Waals surface area contributed by atoms with Crippen molar-refractivity contribution in [2.75, 3.05) is 5.09 Å². The van der Waals surface area contributed by atoms with Crippen LogP contribution in [0.25, 0.3) is 15.5 Å². The second kappa shape index (κ2) is 9.05. The maximum absolute atomic E-state index is 14.3. The van der Waals surface area contributed by atoms with Gasteiger partial charge in [-0.1, -0.05) is 90.6 Å². The van der Waals surface area contributed by atoms with Crippen LogP contribution in [0.2, 0.25) is 0 Å². The maximum atomic E-state index is 14.3. The van der Waals surface area contributed by atoms with E-state index < -0.39 is 7.29 Å². The highest BCUT2D eigenvalue weighted by Gasteiger charge is 2.29. The molecule has 7 heteroatoms. The van der Waals surface area contributed by atoms with E-state index in [0.717, 1.165) is 26.6 Å². The molecule has 1 aliphatic heterocycles. The lowest BCUT2D eigenvalue weighted by Crippen LogP contribution is -2.20. The van der Waals surface area contributed by atoms with Crippen molar-refractivity contribution in [2.24, 2.45) is 7.05 Å². The topological polar surface area (TPSA) is 56.0 Å². The third-order valence-corrected chi connectivity index (χ3v) is 9.15. The largest absolute Gasteiger partial charge is 0.324 e. The lowest BCUT2D eigenvalue weighted by molar-refractivity contribution is 0.589. The molecule has 0 fully saturated rings. The normalized spacial score (nSPS) is 14.9. The van der Waals surface area contributed by atoms with E-state index in [1.165, 1.54) is 0 Å². The Labute approximate surface area is 202 Å². The summed E-state index contributed by atoms with van der Waals surface area (Å²) in [6, 6.07) is 29.3. The molecule has 0 aliphatic carbocycles. The molecule has 5 nitrogen and oxygen atoms in total. The summed E-state index contributed by atoms with van der Waals surface area (Å²) in [7, 11) is -1.42. The van der Waals surface area contributed by atoms with E-state index in [1.54, 1.807) is 32.8 Å². The van der Waals surface area contributed by atoms with E-state index in [4.69, 9.17) is 0 Å². The molecule has 0 amide bonds. The smallest absolute Gasteiger partial charge is 0.295 e. The summed E-state index contributed by atoms with van der Waals surface area (Å²) in [6.45, 7) is 1.86. The number of hydrogen-bond acceptors (Lipinski definition) is 3. The van der Waals surface area contributed by atoms with Gasteiger partial charge in [0.05, 0.1) is 11.4 Å². The zero-order valence-electron chi connectivity index (χ0n) is 18.9. The number of hydrogen-bond donors (Lipinski definition) is 1. The highest BCUT2D eigenvalue weighted by atomic mass is 32.2. The summed E-state index contributed by atoms with van der Waals surface area (Å²) in [6.07, 6.45) is 0. The van der Waals surface area contributed by atoms with Gasteiger partial charge in [-0.3, -0.25) is 14.0 Å². The number of thioether (sulfide) groups is 1. The molecule has 1 aromatic heterocycles. The van der Waals surface area contributed by atoms with Gasteiger partial charge >= 0.3 is 0 Å². The first kappa shape index (κ1) is 22.3. The molecule has 0 spiro atoms. The number of rotatable bonds is 5. The second-order valence-electron chi connectivity index (χ2n) is 8.08. The van der Waals surface area contributed by atoms with Crippen molar-refractivity contribution in [3.05, 3.63) is 130 Å². The maximum Gasteiger partial charge on any atom is 0.295 e. The van der Waals surface area contributed by atoms with E-state index >= 15 is 0 Å². The Morgan fingerprint density at radius 1 is 0.765 bits per heavy atom. The third kappa shape index (κ3) is 4.23. The van der Waals surface area contributed by atoms with Crippen LogP contribution in [-0.2, 0) is 11.6 Å². The van der Waals surface area contributed by atoms with Crippen LogP contribution in [0.5, 0.6) is 0 Å². The first-order valence-corrected chi connectivity index (χ1v) is 13.6. The Morgan fingerprint density at radius 3 is 1.74 bits per heavy atom. The van der Waals surface area contributed by atoms with Crippen molar-refractivity contribution in [2.45, 2.75) is 6.92 Å². The third-order valence-electron chi connectivity index (χ3n) is 5.80. The van der Waals surface area contributed by atoms with Gasteiger partial charge in [-0.25, -0.2) is 4.68 Å². The molecule has 2 heterocycles. The van der Waals surface area contributed by atoms with Gasteiger partial charge in [-0.15, -0.1) is 0 Å². The Morgan fingerprint density at radius 2 is 1.24 bits per heavy atom. The van der Waals surface area contributed by atoms with E-state index in [1.807, 2.05) is 105 Å². The minimum Gasteiger partial charge on any atom is -0.324 e. The molecule has 3 aromatic carbocycles. The van der Waals surface area contributed by atoms with Crippen LogP contribution in [-0.4, -0.2) is 9.36 Å². The van der Waals surface area contributed by atoms with Crippen molar-refractivity contribution in [3.63, 3.8) is 0 Å². The standard InChI is InChI=1S/C27H24N3O2PS/c1-20-26(27(31)30(29(20)2)23-16-10-5-11-17-23)28-33(32)18-24(21-12-6-3-7-13-21)34-25(19-33)22-14-8-4-9-15-22/h3-19H,1-2H3,(H,28,32). The van der Waals surface area contributed by atoms with Crippen molar-refractivity contribution in [1.29, 1.82) is 0 Å². The first-order valence-electron chi connectivity index (χ1n) is 10.9. The van der Waals surface area contributed by atoms with Gasteiger partial charge < -0.3 is 5.09 Å². The molecule has 0 saturated carbocycles. The van der Waals surface area contributed by atoms with Crippen LogP contribution in [0, 0.1) is 6.92 Å². The van der Waals surface area contributed by atoms with Crippen LogP contribution in [0.1, 0.15) is 16.8 Å². The zero-order valence-corrected chi connectivity index (χ0v) is 20.6. The number of nitrogens with one attached hydrogen (secondary N) is 1. The van der Waals surface area contributed by atoms with Gasteiger partial charge in [0.1, 0.15) is 5.69 Å². The lowest BCUT2D eigenvalue weighted by Gasteiger charge is -2.22. The van der Waals surface area contributed by atoms with Crippen molar-refractivity contribution in [1.82, 2.24) is 9.36 Å². The lowest BCUT2D eigenvalue weighted by atomic mass is 10.2. The number of aromatic nitrogens is 2. The average Bonchev–Trinajstić information content (AvgIpc) is 3.08. The summed E-state index contributed by atoms with van der Waals surface area (Å²) in [5.74, 6) is 3.55. The molecule has 34 heavy (non-hydrogen) atoms. The number of benzene rings is 3. The molecule has 0 bridgehead atoms. The fourth-order valence-corrected chi connectivity index (χ4v) is 7.88. The molecular weight excluding hydrogens is 461 g/mol. The van der Waals surface area contributed by atoms with Gasteiger partial charge in [0.2, 0.25) is 7.29 Å². The Hall–Kier alpha value is -3.47. The monoisotopic (exact) mass is 485 g/mol. The SMILES string of the molecule is Cc1c(NP2(=O)C=C(c3ccccc3)SC(c3ccccc3)=C2)c(=O)n(-c2ccccc2)n1C. The van der Waals surface area contributed by atoms with E-state index in [0.29, 0.717) is 11.4 Å². The van der Waals surface area contributed by atoms with E-state index in [9.17, 15) is 9.36 Å². The fraction of sp³-hybridized carbons (Fsp3) is 0.0741. The van der Waals surface area contributed by atoms with E-state index in [2.05, 4.69) is 5.09 Å².